The van der Waals surface area contributed by atoms with Gasteiger partial charge in [0.15, 0.2) is 0 Å². The van der Waals surface area contributed by atoms with E-state index >= 15 is 0 Å². The van der Waals surface area contributed by atoms with Crippen LogP contribution in [0.3, 0.4) is 0 Å². The van der Waals surface area contributed by atoms with Gasteiger partial charge in [-0.2, -0.15) is 0 Å². The molecule has 0 atom stereocenters. The summed E-state index contributed by atoms with van der Waals surface area (Å²) < 4.78 is 78.0. The Morgan fingerprint density at radius 2 is 0.852 bits per heavy atom. The van der Waals surface area contributed by atoms with E-state index in [0.29, 0.717) is 13.1 Å². The van der Waals surface area contributed by atoms with Crippen LogP contribution in [0.5, 0.6) is 11.5 Å². The van der Waals surface area contributed by atoms with Crippen molar-refractivity contribution in [1.82, 2.24) is 30.4 Å². The fourth-order valence-electron chi connectivity index (χ4n) is 4.39. The first-order valence-electron chi connectivity index (χ1n) is 16.3. The van der Waals surface area contributed by atoms with Crippen molar-refractivity contribution >= 4 is 14.5 Å². The van der Waals surface area contributed by atoms with Gasteiger partial charge in [-0.3, -0.25) is 9.97 Å². The molecule has 20 heteroatoms. The Kier molecular flexibility index (Phi) is 29.4. The molecule has 2 heterocycles. The summed E-state index contributed by atoms with van der Waals surface area (Å²) in [5, 5.41) is 30.0. The van der Waals surface area contributed by atoms with Crippen molar-refractivity contribution in [2.24, 2.45) is 0 Å². The molecule has 8 nitrogen and oxygen atoms in total. The van der Waals surface area contributed by atoms with E-state index in [1.165, 1.54) is 0 Å². The van der Waals surface area contributed by atoms with E-state index in [4.69, 9.17) is 0 Å². The van der Waals surface area contributed by atoms with Gasteiger partial charge in [-0.15, -0.1) is 11.5 Å². The minimum absolute atomic E-state index is 0. The van der Waals surface area contributed by atoms with Crippen molar-refractivity contribution < 1.29 is 78.9 Å². The Morgan fingerprint density at radius 1 is 0.537 bits per heavy atom. The number of nitrogens with one attached hydrogen (secondary N) is 2. The number of nitrogens with zero attached hydrogens (tertiary/aromatic N) is 4. The third kappa shape index (κ3) is 32.2. The van der Waals surface area contributed by atoms with E-state index in [1.807, 2.05) is 87.2 Å². The first-order valence-corrected chi connectivity index (χ1v) is 16.3. The van der Waals surface area contributed by atoms with E-state index in [9.17, 15) is 44.7 Å². The molecule has 2 N–H and O–H groups in total. The summed E-state index contributed by atoms with van der Waals surface area (Å²) >= 11 is 0. The SMILES string of the molecule is CN(CCCNCc1ccccn1)Cc1ccccc1[O-].CN(CCCNCc1ccccn1)Cc1ccccc1[O-].F[B-](F)(F)F.F[B-](F)(F)F.[Cu+2].[Cu+2]. The van der Waals surface area contributed by atoms with Crippen molar-refractivity contribution in [3.8, 4) is 11.5 Å². The Bertz CT molecular complexity index is 1370. The van der Waals surface area contributed by atoms with Gasteiger partial charge in [-0.1, -0.05) is 60.7 Å². The molecule has 0 fully saturated rings. The second kappa shape index (κ2) is 30.1. The molecule has 306 valence electrons. The second-order valence-electron chi connectivity index (χ2n) is 11.4. The summed E-state index contributed by atoms with van der Waals surface area (Å²) in [7, 11) is -7.91. The summed E-state index contributed by atoms with van der Waals surface area (Å²) in [5.74, 6) is 0.246. The van der Waals surface area contributed by atoms with Crippen molar-refractivity contribution in [3.63, 3.8) is 0 Å². The van der Waals surface area contributed by atoms with Crippen LogP contribution in [0.4, 0.5) is 34.5 Å². The van der Waals surface area contributed by atoms with Crippen LogP contribution < -0.4 is 20.8 Å². The average Bonchev–Trinajstić information content (AvgIpc) is 3.06. The van der Waals surface area contributed by atoms with Crippen LogP contribution in [0.2, 0.25) is 0 Å². The van der Waals surface area contributed by atoms with Crippen LogP contribution in [-0.4, -0.2) is 74.6 Å². The predicted molar refractivity (Wildman–Crippen MR) is 186 cm³/mol. The Morgan fingerprint density at radius 3 is 1.15 bits per heavy atom. The van der Waals surface area contributed by atoms with Crippen LogP contribution in [-0.2, 0) is 60.3 Å². The van der Waals surface area contributed by atoms with Gasteiger partial charge in [0.2, 0.25) is 0 Å². The first kappa shape index (κ1) is 52.9. The quantitative estimate of drug-likeness (QED) is 0.0789. The van der Waals surface area contributed by atoms with Crippen LogP contribution >= 0.6 is 0 Å². The maximum Gasteiger partial charge on any atom is 2.00 e. The van der Waals surface area contributed by atoms with Gasteiger partial charge >= 0.3 is 48.6 Å². The molecule has 0 bridgehead atoms. The van der Waals surface area contributed by atoms with E-state index in [2.05, 4.69) is 30.4 Å². The van der Waals surface area contributed by atoms with Gasteiger partial charge < -0.3 is 65.2 Å². The van der Waals surface area contributed by atoms with Gasteiger partial charge in [0.1, 0.15) is 0 Å². The molecule has 0 aliphatic heterocycles. The minimum Gasteiger partial charge on any atom is -0.872 e. The van der Waals surface area contributed by atoms with Crippen molar-refractivity contribution in [1.29, 1.82) is 0 Å². The molecule has 0 spiro atoms. The fourth-order valence-corrected chi connectivity index (χ4v) is 4.39. The van der Waals surface area contributed by atoms with Gasteiger partial charge in [0.25, 0.3) is 0 Å². The smallest absolute Gasteiger partial charge is 0.872 e. The second-order valence-corrected chi connectivity index (χ2v) is 11.4. The maximum absolute atomic E-state index is 11.6. The monoisotopic (exact) mass is 868 g/mol. The average molecular weight is 869 g/mol. The Hall–Kier alpha value is -3.21. The maximum atomic E-state index is 11.6. The fraction of sp³-hybridized carbons (Fsp3) is 0.353. The first-order chi connectivity index (χ1) is 24.5. The van der Waals surface area contributed by atoms with E-state index in [0.717, 1.165) is 74.6 Å². The van der Waals surface area contributed by atoms with E-state index in [-0.39, 0.29) is 45.6 Å². The molecule has 54 heavy (non-hydrogen) atoms. The van der Waals surface area contributed by atoms with Crippen molar-refractivity contribution in [2.75, 3.05) is 40.3 Å². The molecule has 2 radical (unpaired) electrons. The van der Waals surface area contributed by atoms with Gasteiger partial charge in [0.05, 0.1) is 11.4 Å². The molecular formula is C34H44B2Cu2F8N6O2. The number of aromatic nitrogens is 2. The Labute approximate surface area is 333 Å². The zero-order valence-electron chi connectivity index (χ0n) is 29.7. The molecule has 0 aliphatic carbocycles. The molecule has 0 amide bonds. The zero-order valence-corrected chi connectivity index (χ0v) is 31.6. The summed E-state index contributed by atoms with van der Waals surface area (Å²) in [5.41, 5.74) is 3.85. The minimum atomic E-state index is -6.00. The molecule has 4 aromatic rings. The van der Waals surface area contributed by atoms with Gasteiger partial charge in [0, 0.05) is 38.6 Å². The van der Waals surface area contributed by atoms with Crippen molar-refractivity contribution in [2.45, 2.75) is 39.0 Å². The largest absolute Gasteiger partial charge is 2.00 e. The van der Waals surface area contributed by atoms with Crippen LogP contribution in [0, 0.1) is 0 Å². The van der Waals surface area contributed by atoms with Gasteiger partial charge in [-0.05, 0) is 88.5 Å². The predicted octanol–water partition coefficient (Wildman–Crippen LogP) is 6.13. The standard InChI is InChI=1S/2C17H23N3O.2BF4.2Cu/c2*1-20(14-15-7-2-3-9-17(15)21)12-6-10-18-13-16-8-4-5-11-19-16;2*2-1(3,4)5;;/h2*2-5,7-9,11,18,21H,6,10,12-14H2,1H3;;;;/q;;2*-1;2*+2/p-2. The van der Waals surface area contributed by atoms with Crippen molar-refractivity contribution in [3.05, 3.63) is 120 Å². The molecule has 4 rings (SSSR count). The summed E-state index contributed by atoms with van der Waals surface area (Å²) in [4.78, 5) is 12.9. The molecule has 0 unspecified atom stereocenters. The molecular weight excluding hydrogens is 825 g/mol. The number of rotatable bonds is 16. The summed E-state index contributed by atoms with van der Waals surface area (Å²) in [6, 6.07) is 26.3. The molecule has 0 saturated carbocycles. The number of para-hydroxylation sites is 2. The topological polar surface area (TPSA) is 102 Å². The normalized spacial score (nSPS) is 10.7. The number of hydrogen-bond donors (Lipinski definition) is 2. The summed E-state index contributed by atoms with van der Waals surface area (Å²) in [6.07, 6.45) is 5.71. The van der Waals surface area contributed by atoms with Gasteiger partial charge in [-0.25, -0.2) is 0 Å². The number of halogens is 8. The van der Waals surface area contributed by atoms with Crippen LogP contribution in [0.25, 0.3) is 0 Å². The number of pyridine rings is 2. The summed E-state index contributed by atoms with van der Waals surface area (Å²) in [6.45, 7) is 6.83. The van der Waals surface area contributed by atoms with E-state index < -0.39 is 14.5 Å². The van der Waals surface area contributed by atoms with E-state index in [1.54, 1.807) is 24.3 Å². The molecule has 0 saturated heterocycles. The third-order valence-corrected chi connectivity index (χ3v) is 6.68. The van der Waals surface area contributed by atoms with Crippen LogP contribution in [0.15, 0.2) is 97.3 Å². The number of hydrogen-bond acceptors (Lipinski definition) is 8. The van der Waals surface area contributed by atoms with Crippen LogP contribution in [0.1, 0.15) is 35.4 Å². The zero-order chi connectivity index (χ0) is 38.8. The Balaban J connectivity index is 0. The molecule has 2 aromatic carbocycles. The molecule has 2 aromatic heterocycles. The third-order valence-electron chi connectivity index (χ3n) is 6.68. The number of benzene rings is 2. The molecule has 0 aliphatic rings.